The van der Waals surface area contributed by atoms with Crippen molar-refractivity contribution in [1.29, 1.82) is 0 Å². The first-order valence-electron chi connectivity index (χ1n) is 8.00. The maximum atomic E-state index is 12.5. The van der Waals surface area contributed by atoms with Gasteiger partial charge < -0.3 is 15.1 Å². The van der Waals surface area contributed by atoms with Crippen LogP contribution in [0.3, 0.4) is 0 Å². The van der Waals surface area contributed by atoms with E-state index in [-0.39, 0.29) is 23.4 Å². The lowest BCUT2D eigenvalue weighted by molar-refractivity contribution is -0.123. The van der Waals surface area contributed by atoms with Gasteiger partial charge in [-0.2, -0.15) is 5.10 Å². The van der Waals surface area contributed by atoms with Crippen molar-refractivity contribution in [3.8, 4) is 0 Å². The predicted molar refractivity (Wildman–Crippen MR) is 102 cm³/mol. The monoisotopic (exact) mass is 370 g/mol. The second-order valence-corrected chi connectivity index (χ2v) is 7.00. The highest BCUT2D eigenvalue weighted by atomic mass is 32.2. The number of rotatable bonds is 4. The molecule has 26 heavy (non-hydrogen) atoms. The van der Waals surface area contributed by atoms with Crippen molar-refractivity contribution in [1.82, 2.24) is 5.32 Å². The smallest absolute Gasteiger partial charge is 0.238 e. The molecule has 1 aliphatic rings. The number of furan rings is 1. The number of benzene rings is 1. The van der Waals surface area contributed by atoms with E-state index in [0.29, 0.717) is 11.4 Å². The van der Waals surface area contributed by atoms with Gasteiger partial charge in [-0.3, -0.25) is 9.59 Å². The van der Waals surface area contributed by atoms with Crippen LogP contribution in [0.25, 0.3) is 0 Å². The lowest BCUT2D eigenvalue weighted by Gasteiger charge is -2.21. The van der Waals surface area contributed by atoms with Gasteiger partial charge in [-0.05, 0) is 49.2 Å². The molecule has 1 fully saturated rings. The number of amides is 2. The van der Waals surface area contributed by atoms with E-state index in [1.54, 1.807) is 12.1 Å². The lowest BCUT2D eigenvalue weighted by atomic mass is 10.1. The standard InChI is InChI=1S/C18H18N4O3S/c1-11-5-6-13(8-12(11)2)20-17(24)15-9-16(23)21-18(26-15)22-19-10-14-4-3-7-25-14/h3-8,10,15H,9H2,1-2H3,(H,20,24)(H,21,22,23)/b19-10-/t15-/m1/s1. The molecule has 7 nitrogen and oxygen atoms in total. The number of hydrogen-bond donors (Lipinski definition) is 2. The first kappa shape index (κ1) is 17.9. The molecule has 1 aromatic carbocycles. The summed E-state index contributed by atoms with van der Waals surface area (Å²) in [4.78, 5) is 24.4. The summed E-state index contributed by atoms with van der Waals surface area (Å²) < 4.78 is 5.11. The van der Waals surface area contributed by atoms with Gasteiger partial charge in [0.15, 0.2) is 5.17 Å². The van der Waals surface area contributed by atoms with Crippen LogP contribution in [0.1, 0.15) is 23.3 Å². The van der Waals surface area contributed by atoms with Crippen molar-refractivity contribution in [2.75, 3.05) is 5.32 Å². The van der Waals surface area contributed by atoms with Crippen molar-refractivity contribution >= 4 is 40.6 Å². The number of carbonyl (C=O) groups is 2. The molecule has 0 spiro atoms. The Bertz CT molecular complexity index is 875. The van der Waals surface area contributed by atoms with Crippen LogP contribution < -0.4 is 10.6 Å². The Balaban J connectivity index is 1.66. The van der Waals surface area contributed by atoms with Gasteiger partial charge in [0, 0.05) is 12.1 Å². The number of aryl methyl sites for hydroxylation is 2. The maximum Gasteiger partial charge on any atom is 0.238 e. The van der Waals surface area contributed by atoms with E-state index >= 15 is 0 Å². The highest BCUT2D eigenvalue weighted by Crippen LogP contribution is 2.23. The second-order valence-electron chi connectivity index (χ2n) is 5.81. The molecule has 0 saturated carbocycles. The van der Waals surface area contributed by atoms with Crippen LogP contribution in [-0.4, -0.2) is 28.4 Å². The molecule has 0 bridgehead atoms. The van der Waals surface area contributed by atoms with Gasteiger partial charge in [0.25, 0.3) is 0 Å². The number of anilines is 1. The fraction of sp³-hybridized carbons (Fsp3) is 0.222. The zero-order chi connectivity index (χ0) is 18.5. The molecule has 1 aromatic heterocycles. The Kier molecular flexibility index (Phi) is 5.52. The summed E-state index contributed by atoms with van der Waals surface area (Å²) in [5.41, 5.74) is 2.95. The molecule has 1 aliphatic heterocycles. The minimum atomic E-state index is -0.567. The topological polar surface area (TPSA) is 96.1 Å². The Morgan fingerprint density at radius 1 is 1.35 bits per heavy atom. The van der Waals surface area contributed by atoms with Crippen molar-refractivity contribution in [2.24, 2.45) is 10.2 Å². The van der Waals surface area contributed by atoms with E-state index in [1.807, 2.05) is 32.0 Å². The van der Waals surface area contributed by atoms with Crippen LogP contribution in [0, 0.1) is 13.8 Å². The highest BCUT2D eigenvalue weighted by molar-refractivity contribution is 8.15. The molecule has 1 atom stereocenters. The molecular weight excluding hydrogens is 352 g/mol. The zero-order valence-corrected chi connectivity index (χ0v) is 15.2. The summed E-state index contributed by atoms with van der Waals surface area (Å²) in [7, 11) is 0. The number of thioether (sulfide) groups is 1. The second kappa shape index (κ2) is 8.01. The van der Waals surface area contributed by atoms with Gasteiger partial charge in [0.1, 0.15) is 11.0 Å². The number of nitrogens with zero attached hydrogens (tertiary/aromatic N) is 2. The third-order valence-electron chi connectivity index (χ3n) is 3.81. The molecule has 8 heteroatoms. The van der Waals surface area contributed by atoms with Gasteiger partial charge in [0.05, 0.1) is 12.5 Å². The van der Waals surface area contributed by atoms with Crippen molar-refractivity contribution in [3.63, 3.8) is 0 Å². The van der Waals surface area contributed by atoms with E-state index in [0.717, 1.165) is 11.1 Å². The lowest BCUT2D eigenvalue weighted by Crippen LogP contribution is -2.41. The molecule has 0 unspecified atom stereocenters. The van der Waals surface area contributed by atoms with Crippen LogP contribution in [-0.2, 0) is 9.59 Å². The average Bonchev–Trinajstić information content (AvgIpc) is 3.11. The molecular formula is C18H18N4O3S. The van der Waals surface area contributed by atoms with Crippen LogP contribution in [0.2, 0.25) is 0 Å². The molecule has 3 rings (SSSR count). The maximum absolute atomic E-state index is 12.5. The zero-order valence-electron chi connectivity index (χ0n) is 14.4. The number of hydrogen-bond acceptors (Lipinski definition) is 6. The number of carbonyl (C=O) groups excluding carboxylic acids is 2. The van der Waals surface area contributed by atoms with Crippen LogP contribution in [0.5, 0.6) is 0 Å². The van der Waals surface area contributed by atoms with Gasteiger partial charge in [0.2, 0.25) is 11.8 Å². The largest absolute Gasteiger partial charge is 0.463 e. The molecule has 134 valence electrons. The Morgan fingerprint density at radius 3 is 2.92 bits per heavy atom. The third-order valence-corrected chi connectivity index (χ3v) is 4.89. The molecule has 2 amide bonds. The summed E-state index contributed by atoms with van der Waals surface area (Å²) >= 11 is 1.17. The average molecular weight is 370 g/mol. The summed E-state index contributed by atoms with van der Waals surface area (Å²) in [6.07, 6.45) is 3.04. The number of nitrogens with one attached hydrogen (secondary N) is 2. The Morgan fingerprint density at radius 2 is 2.19 bits per heavy atom. The molecule has 1 saturated heterocycles. The van der Waals surface area contributed by atoms with E-state index in [4.69, 9.17) is 4.42 Å². The predicted octanol–water partition coefficient (Wildman–Crippen LogP) is 2.85. The normalized spacial score (nSPS) is 18.9. The summed E-state index contributed by atoms with van der Waals surface area (Å²) in [5, 5.41) is 13.0. The van der Waals surface area contributed by atoms with Crippen LogP contribution in [0.4, 0.5) is 5.69 Å². The van der Waals surface area contributed by atoms with Gasteiger partial charge in [-0.15, -0.1) is 5.10 Å². The fourth-order valence-corrected chi connectivity index (χ4v) is 3.22. The molecule has 2 N–H and O–H groups in total. The summed E-state index contributed by atoms with van der Waals surface area (Å²) in [6, 6.07) is 9.16. The van der Waals surface area contributed by atoms with Gasteiger partial charge in [-0.1, -0.05) is 17.8 Å². The van der Waals surface area contributed by atoms with Crippen molar-refractivity contribution in [2.45, 2.75) is 25.5 Å². The minimum absolute atomic E-state index is 0.0856. The highest BCUT2D eigenvalue weighted by Gasteiger charge is 2.30. The SMILES string of the molecule is Cc1ccc(NC(=O)[C@H]2CC(=O)N/C(=N\N=C/c3ccco3)S2)cc1C. The summed E-state index contributed by atoms with van der Waals surface area (Å²) in [6.45, 7) is 3.99. The van der Waals surface area contributed by atoms with E-state index in [1.165, 1.54) is 24.2 Å². The van der Waals surface area contributed by atoms with Gasteiger partial charge in [-0.25, -0.2) is 0 Å². The van der Waals surface area contributed by atoms with Gasteiger partial charge >= 0.3 is 0 Å². The van der Waals surface area contributed by atoms with E-state index in [9.17, 15) is 9.59 Å². The third kappa shape index (κ3) is 4.60. The quantitative estimate of drug-likeness (QED) is 0.639. The molecule has 2 heterocycles. The van der Waals surface area contributed by atoms with Crippen molar-refractivity contribution < 1.29 is 14.0 Å². The van der Waals surface area contributed by atoms with E-state index < -0.39 is 5.25 Å². The minimum Gasteiger partial charge on any atom is -0.463 e. The van der Waals surface area contributed by atoms with E-state index in [2.05, 4.69) is 20.8 Å². The Labute approximate surface area is 155 Å². The first-order valence-corrected chi connectivity index (χ1v) is 8.88. The first-order chi connectivity index (χ1) is 12.5. The summed E-state index contributed by atoms with van der Waals surface area (Å²) in [5.74, 6) is 0.0391. The van der Waals surface area contributed by atoms with Crippen LogP contribution in [0.15, 0.2) is 51.2 Å². The van der Waals surface area contributed by atoms with Crippen molar-refractivity contribution in [3.05, 3.63) is 53.5 Å². The number of amidine groups is 1. The molecule has 0 aliphatic carbocycles. The molecule has 0 radical (unpaired) electrons. The molecule has 2 aromatic rings. The Hall–Kier alpha value is -2.87. The fourth-order valence-electron chi connectivity index (χ4n) is 2.28. The van der Waals surface area contributed by atoms with Crippen LogP contribution >= 0.6 is 11.8 Å².